The molecule has 0 saturated carbocycles. The predicted octanol–water partition coefficient (Wildman–Crippen LogP) is 1.21. The van der Waals surface area contributed by atoms with Crippen LogP contribution in [0.25, 0.3) is 0 Å². The van der Waals surface area contributed by atoms with Crippen LogP contribution in [0.15, 0.2) is 0 Å². The summed E-state index contributed by atoms with van der Waals surface area (Å²) < 4.78 is 0. The molecule has 3 aliphatic heterocycles. The SMILES string of the molecule is CC1CCCC(C(=O)N2CCCN3CCCC3C2)N1. The van der Waals surface area contributed by atoms with E-state index in [-0.39, 0.29) is 6.04 Å². The zero-order valence-electron chi connectivity index (χ0n) is 12.1. The standard InChI is InChI=1S/C15H27N3O/c1-12-5-2-7-14(16-12)15(19)18-10-4-9-17-8-3-6-13(17)11-18/h12-14,16H,2-11H2,1H3. The van der Waals surface area contributed by atoms with Crippen LogP contribution >= 0.6 is 0 Å². The number of nitrogens with one attached hydrogen (secondary N) is 1. The smallest absolute Gasteiger partial charge is 0.239 e. The van der Waals surface area contributed by atoms with Crippen molar-refractivity contribution in [1.29, 1.82) is 0 Å². The summed E-state index contributed by atoms with van der Waals surface area (Å²) in [6.45, 7) is 6.54. The molecule has 0 spiro atoms. The first kappa shape index (κ1) is 13.4. The minimum absolute atomic E-state index is 0.0803. The van der Waals surface area contributed by atoms with Crippen molar-refractivity contribution in [3.8, 4) is 0 Å². The first-order valence-electron chi connectivity index (χ1n) is 8.03. The lowest BCUT2D eigenvalue weighted by Crippen LogP contribution is -2.52. The monoisotopic (exact) mass is 265 g/mol. The van der Waals surface area contributed by atoms with Gasteiger partial charge in [0.15, 0.2) is 0 Å². The Morgan fingerprint density at radius 3 is 2.74 bits per heavy atom. The van der Waals surface area contributed by atoms with Crippen molar-refractivity contribution in [3.63, 3.8) is 0 Å². The molecule has 19 heavy (non-hydrogen) atoms. The maximum Gasteiger partial charge on any atom is 0.239 e. The highest BCUT2D eigenvalue weighted by atomic mass is 16.2. The fraction of sp³-hybridized carbons (Fsp3) is 0.933. The summed E-state index contributed by atoms with van der Waals surface area (Å²) in [5.74, 6) is 0.361. The highest BCUT2D eigenvalue weighted by molar-refractivity contribution is 5.82. The lowest BCUT2D eigenvalue weighted by atomic mass is 9.98. The van der Waals surface area contributed by atoms with Crippen molar-refractivity contribution >= 4 is 5.91 Å². The summed E-state index contributed by atoms with van der Waals surface area (Å²) in [7, 11) is 0. The van der Waals surface area contributed by atoms with E-state index in [1.54, 1.807) is 0 Å². The third kappa shape index (κ3) is 2.95. The highest BCUT2D eigenvalue weighted by Crippen LogP contribution is 2.22. The summed E-state index contributed by atoms with van der Waals surface area (Å²) in [6.07, 6.45) is 7.15. The number of carbonyl (C=O) groups is 1. The van der Waals surface area contributed by atoms with Crippen LogP contribution in [0, 0.1) is 0 Å². The van der Waals surface area contributed by atoms with Gasteiger partial charge < -0.3 is 10.2 Å². The fourth-order valence-electron chi connectivity index (χ4n) is 3.96. The molecule has 3 atom stereocenters. The molecule has 0 bridgehead atoms. The molecule has 0 aromatic carbocycles. The van der Waals surface area contributed by atoms with Gasteiger partial charge in [0.05, 0.1) is 6.04 Å². The van der Waals surface area contributed by atoms with Crippen molar-refractivity contribution < 1.29 is 4.79 Å². The Morgan fingerprint density at radius 2 is 1.89 bits per heavy atom. The second kappa shape index (κ2) is 5.80. The van der Waals surface area contributed by atoms with Gasteiger partial charge in [-0.3, -0.25) is 9.69 Å². The Hall–Kier alpha value is -0.610. The van der Waals surface area contributed by atoms with Crippen LogP contribution in [0.5, 0.6) is 0 Å². The molecule has 4 heteroatoms. The minimum atomic E-state index is 0.0803. The highest BCUT2D eigenvalue weighted by Gasteiger charge is 2.34. The van der Waals surface area contributed by atoms with Crippen LogP contribution in [0.4, 0.5) is 0 Å². The topological polar surface area (TPSA) is 35.6 Å². The number of nitrogens with zero attached hydrogens (tertiary/aromatic N) is 2. The first-order valence-corrected chi connectivity index (χ1v) is 8.03. The number of fused-ring (bicyclic) bond motifs is 1. The van der Waals surface area contributed by atoms with E-state index in [9.17, 15) is 4.79 Å². The molecule has 3 fully saturated rings. The van der Waals surface area contributed by atoms with Gasteiger partial charge in [-0.1, -0.05) is 0 Å². The van der Waals surface area contributed by atoms with Crippen molar-refractivity contribution in [1.82, 2.24) is 15.1 Å². The molecular weight excluding hydrogens is 238 g/mol. The summed E-state index contributed by atoms with van der Waals surface area (Å²) in [4.78, 5) is 17.4. The number of amides is 1. The molecule has 3 rings (SSSR count). The van der Waals surface area contributed by atoms with Gasteiger partial charge in [-0.05, 0) is 52.0 Å². The molecule has 3 saturated heterocycles. The molecule has 1 amide bonds. The van der Waals surface area contributed by atoms with E-state index in [1.807, 2.05) is 0 Å². The summed E-state index contributed by atoms with van der Waals surface area (Å²) in [6, 6.07) is 1.21. The second-order valence-electron chi connectivity index (χ2n) is 6.52. The fourth-order valence-corrected chi connectivity index (χ4v) is 3.96. The molecule has 108 valence electrons. The number of rotatable bonds is 1. The normalized spacial score (nSPS) is 36.9. The summed E-state index contributed by atoms with van der Waals surface area (Å²) in [5.41, 5.74) is 0. The van der Waals surface area contributed by atoms with Crippen molar-refractivity contribution in [2.45, 2.75) is 63.6 Å². The van der Waals surface area contributed by atoms with Gasteiger partial charge in [-0.15, -0.1) is 0 Å². The average molecular weight is 265 g/mol. The predicted molar refractivity (Wildman–Crippen MR) is 76.0 cm³/mol. The third-order valence-electron chi connectivity index (χ3n) is 5.03. The van der Waals surface area contributed by atoms with Crippen LogP contribution in [-0.2, 0) is 4.79 Å². The van der Waals surface area contributed by atoms with Gasteiger partial charge in [-0.2, -0.15) is 0 Å². The molecule has 3 heterocycles. The van der Waals surface area contributed by atoms with Gasteiger partial charge in [0, 0.05) is 31.7 Å². The molecule has 3 aliphatic rings. The third-order valence-corrected chi connectivity index (χ3v) is 5.03. The number of piperidine rings is 1. The van der Waals surface area contributed by atoms with Crippen LogP contribution in [0.1, 0.15) is 45.4 Å². The van der Waals surface area contributed by atoms with E-state index in [0.717, 1.165) is 25.9 Å². The summed E-state index contributed by atoms with van der Waals surface area (Å²) in [5, 5.41) is 3.49. The van der Waals surface area contributed by atoms with Gasteiger partial charge >= 0.3 is 0 Å². The molecule has 4 nitrogen and oxygen atoms in total. The Balaban J connectivity index is 1.62. The van der Waals surface area contributed by atoms with E-state index in [2.05, 4.69) is 22.0 Å². The lowest BCUT2D eigenvalue weighted by Gasteiger charge is -2.33. The average Bonchev–Trinajstić information content (AvgIpc) is 2.75. The first-order chi connectivity index (χ1) is 9.24. The van der Waals surface area contributed by atoms with Gasteiger partial charge in [0.1, 0.15) is 0 Å². The second-order valence-corrected chi connectivity index (χ2v) is 6.52. The molecule has 0 aromatic heterocycles. The van der Waals surface area contributed by atoms with Gasteiger partial charge in [-0.25, -0.2) is 0 Å². The molecule has 0 radical (unpaired) electrons. The Bertz CT molecular complexity index is 333. The lowest BCUT2D eigenvalue weighted by molar-refractivity contribution is -0.134. The van der Waals surface area contributed by atoms with Gasteiger partial charge in [0.25, 0.3) is 0 Å². The molecule has 3 unspecified atom stereocenters. The molecule has 0 aliphatic carbocycles. The zero-order valence-corrected chi connectivity index (χ0v) is 12.1. The van der Waals surface area contributed by atoms with Crippen LogP contribution in [0.3, 0.4) is 0 Å². The van der Waals surface area contributed by atoms with E-state index in [4.69, 9.17) is 0 Å². The van der Waals surface area contributed by atoms with E-state index in [1.165, 1.54) is 38.8 Å². The minimum Gasteiger partial charge on any atom is -0.340 e. The maximum absolute atomic E-state index is 12.7. The number of hydrogen-bond donors (Lipinski definition) is 1. The molecular formula is C15H27N3O. The van der Waals surface area contributed by atoms with E-state index >= 15 is 0 Å². The summed E-state index contributed by atoms with van der Waals surface area (Å²) >= 11 is 0. The molecule has 0 aromatic rings. The largest absolute Gasteiger partial charge is 0.340 e. The number of carbonyl (C=O) groups excluding carboxylic acids is 1. The zero-order chi connectivity index (χ0) is 13.2. The van der Waals surface area contributed by atoms with Crippen molar-refractivity contribution in [3.05, 3.63) is 0 Å². The maximum atomic E-state index is 12.7. The Morgan fingerprint density at radius 1 is 1.05 bits per heavy atom. The van der Waals surface area contributed by atoms with Crippen LogP contribution < -0.4 is 5.32 Å². The number of hydrogen-bond acceptors (Lipinski definition) is 3. The van der Waals surface area contributed by atoms with Gasteiger partial charge in [0.2, 0.25) is 5.91 Å². The van der Waals surface area contributed by atoms with Crippen molar-refractivity contribution in [2.24, 2.45) is 0 Å². The van der Waals surface area contributed by atoms with Crippen molar-refractivity contribution in [2.75, 3.05) is 26.2 Å². The van der Waals surface area contributed by atoms with Crippen LogP contribution in [-0.4, -0.2) is 60.0 Å². The molecule has 1 N–H and O–H groups in total. The van der Waals surface area contributed by atoms with E-state index in [0.29, 0.717) is 18.0 Å². The quantitative estimate of drug-likeness (QED) is 0.774. The van der Waals surface area contributed by atoms with E-state index < -0.39 is 0 Å². The van der Waals surface area contributed by atoms with Crippen LogP contribution in [0.2, 0.25) is 0 Å². The Kier molecular flexibility index (Phi) is 4.08. The Labute approximate surface area is 116 Å².